The molecule has 1 N–H and O–H groups in total. The maximum Gasteiger partial charge on any atom is 0.141 e. The summed E-state index contributed by atoms with van der Waals surface area (Å²) in [6, 6.07) is 33.9. The zero-order valence-electron chi connectivity index (χ0n) is 29.3. The van der Waals surface area contributed by atoms with Gasteiger partial charge in [0, 0.05) is 43.8 Å². The Morgan fingerprint density at radius 2 is 1.31 bits per heavy atom. The number of phenolic OH excluding ortho intramolecular Hbond substituents is 1. The number of rotatable bonds is 2. The van der Waals surface area contributed by atoms with E-state index in [9.17, 15) is 5.11 Å². The fourth-order valence-corrected chi connectivity index (χ4v) is 8.96. The molecule has 4 nitrogen and oxygen atoms in total. The topological polar surface area (TPSA) is 49.3 Å². The van der Waals surface area contributed by atoms with Gasteiger partial charge in [0.15, 0.2) is 0 Å². The molecule has 0 spiro atoms. The van der Waals surface area contributed by atoms with Crippen LogP contribution < -0.4 is 4.90 Å². The largest absolute Gasteiger partial charge is 0.506 e. The van der Waals surface area contributed by atoms with Crippen LogP contribution in [0.1, 0.15) is 88.8 Å². The van der Waals surface area contributed by atoms with E-state index < -0.39 is 0 Å². The summed E-state index contributed by atoms with van der Waals surface area (Å²) < 4.78 is 0. The molecular weight excluding hydrogens is 782 g/mol. The van der Waals surface area contributed by atoms with Gasteiger partial charge in [-0.15, -0.1) is 23.8 Å². The first-order chi connectivity index (χ1) is 22.8. The van der Waals surface area contributed by atoms with E-state index in [4.69, 9.17) is 9.97 Å². The Bertz CT molecular complexity index is 2370. The number of hydrogen-bond donors (Lipinski definition) is 1. The van der Waals surface area contributed by atoms with E-state index in [-0.39, 0.29) is 48.5 Å². The fourth-order valence-electron chi connectivity index (χ4n) is 8.96. The van der Waals surface area contributed by atoms with Gasteiger partial charge in [-0.05, 0) is 90.8 Å². The van der Waals surface area contributed by atoms with E-state index in [1.54, 1.807) is 0 Å². The zero-order chi connectivity index (χ0) is 33.5. The molecule has 248 valence electrons. The van der Waals surface area contributed by atoms with Gasteiger partial charge in [0.05, 0.1) is 0 Å². The molecule has 9 rings (SSSR count). The number of hydrogen-bond acceptors (Lipinski definition) is 4. The predicted octanol–water partition coefficient (Wildman–Crippen LogP) is 10.8. The van der Waals surface area contributed by atoms with Crippen LogP contribution in [0, 0.1) is 6.07 Å². The van der Waals surface area contributed by atoms with Crippen LogP contribution in [0.3, 0.4) is 0 Å². The Kier molecular flexibility index (Phi) is 6.61. The number of anilines is 3. The Balaban J connectivity index is 0.00000348. The first-order valence-corrected chi connectivity index (χ1v) is 17.0. The van der Waals surface area contributed by atoms with Crippen LogP contribution in [-0.4, -0.2) is 15.1 Å². The zero-order valence-corrected chi connectivity index (χ0v) is 31.5. The molecule has 0 saturated heterocycles. The third-order valence-electron chi connectivity index (χ3n) is 12.4. The van der Waals surface area contributed by atoms with Gasteiger partial charge in [-0.1, -0.05) is 109 Å². The van der Waals surface area contributed by atoms with Gasteiger partial charge in [-0.2, -0.15) is 0 Å². The van der Waals surface area contributed by atoms with Crippen LogP contribution >= 0.6 is 0 Å². The van der Waals surface area contributed by atoms with Crippen molar-refractivity contribution in [1.29, 1.82) is 0 Å². The number of pyridine rings is 2. The minimum Gasteiger partial charge on any atom is -0.506 e. The van der Waals surface area contributed by atoms with Gasteiger partial charge in [0.1, 0.15) is 17.1 Å². The third kappa shape index (κ3) is 3.96. The van der Waals surface area contributed by atoms with Crippen LogP contribution in [0.25, 0.3) is 33.3 Å². The molecular formula is C44H40N3OPt-. The van der Waals surface area contributed by atoms with Crippen LogP contribution in [0.5, 0.6) is 5.75 Å². The molecule has 0 saturated carbocycles. The molecule has 1 aliphatic heterocycles. The van der Waals surface area contributed by atoms with Crippen LogP contribution in [0.15, 0.2) is 91.1 Å². The van der Waals surface area contributed by atoms with Crippen LogP contribution in [-0.2, 0) is 42.7 Å². The van der Waals surface area contributed by atoms with E-state index in [2.05, 4.69) is 133 Å². The molecule has 0 atom stereocenters. The average molecular weight is 822 g/mol. The molecule has 4 aromatic carbocycles. The summed E-state index contributed by atoms with van der Waals surface area (Å²) in [5, 5.41) is 12.9. The van der Waals surface area contributed by atoms with Gasteiger partial charge in [0.2, 0.25) is 0 Å². The maximum absolute atomic E-state index is 11.8. The number of fused-ring (bicyclic) bond motifs is 2. The molecule has 3 heterocycles. The number of benzene rings is 4. The van der Waals surface area contributed by atoms with E-state index in [1.807, 2.05) is 24.4 Å². The summed E-state index contributed by atoms with van der Waals surface area (Å²) in [5.74, 6) is 1.08. The number of aromatic hydroxyl groups is 1. The maximum atomic E-state index is 11.8. The molecule has 0 bridgehead atoms. The summed E-state index contributed by atoms with van der Waals surface area (Å²) in [5.41, 5.74) is 13.6. The van der Waals surface area contributed by atoms with Gasteiger partial charge < -0.3 is 10.0 Å². The molecule has 0 amide bonds. The average Bonchev–Trinajstić information content (AvgIpc) is 3.07. The number of nitrogens with zero attached hydrogens (tertiary/aromatic N) is 3. The number of phenols is 1. The van der Waals surface area contributed by atoms with Crippen molar-refractivity contribution >= 4 is 28.1 Å². The molecule has 6 aromatic rings. The molecule has 5 heteroatoms. The summed E-state index contributed by atoms with van der Waals surface area (Å²) in [6.45, 7) is 18.5. The molecule has 0 radical (unpaired) electrons. The Labute approximate surface area is 303 Å². The number of aromatic nitrogens is 2. The molecule has 49 heavy (non-hydrogen) atoms. The standard InChI is InChI=1S/C44H40N3O.Pt/c1-41(2)26-14-9-10-17-33(26)47(36-18-11-12-21-45-36)34-22-25(19-20-27(34)41)32-23-30-39-38-31(24-35(48)40(39)46-32)44(7,8)43(5,6)29-16-13-15-28(37(29)38)42(30,3)4;/h9-21,23-24,48H,1-8H3;/q-1;. The van der Waals surface area contributed by atoms with Gasteiger partial charge in [-0.25, -0.2) is 4.98 Å². The summed E-state index contributed by atoms with van der Waals surface area (Å²) in [6.07, 6.45) is 1.84. The van der Waals surface area contributed by atoms with Crippen molar-refractivity contribution in [3.05, 3.63) is 131 Å². The minimum atomic E-state index is -0.313. The molecule has 2 aromatic heterocycles. The predicted molar refractivity (Wildman–Crippen MR) is 196 cm³/mol. The minimum absolute atomic E-state index is 0. The van der Waals surface area contributed by atoms with Crippen molar-refractivity contribution in [3.63, 3.8) is 0 Å². The van der Waals surface area contributed by atoms with E-state index in [0.717, 1.165) is 33.8 Å². The summed E-state index contributed by atoms with van der Waals surface area (Å²) >= 11 is 0. The first kappa shape index (κ1) is 32.0. The van der Waals surface area contributed by atoms with Crippen molar-refractivity contribution in [2.24, 2.45) is 0 Å². The van der Waals surface area contributed by atoms with E-state index in [1.165, 1.54) is 44.5 Å². The second kappa shape index (κ2) is 10.1. The second-order valence-electron chi connectivity index (χ2n) is 16.0. The Morgan fingerprint density at radius 3 is 2.06 bits per heavy atom. The van der Waals surface area contributed by atoms with Crippen molar-refractivity contribution in [2.75, 3.05) is 4.90 Å². The van der Waals surface area contributed by atoms with Crippen molar-refractivity contribution in [1.82, 2.24) is 9.97 Å². The second-order valence-corrected chi connectivity index (χ2v) is 16.0. The summed E-state index contributed by atoms with van der Waals surface area (Å²) in [4.78, 5) is 12.3. The number of para-hydroxylation sites is 1. The van der Waals surface area contributed by atoms with Crippen molar-refractivity contribution in [3.8, 4) is 28.1 Å². The smallest absolute Gasteiger partial charge is 0.141 e. The molecule has 0 unspecified atom stereocenters. The Morgan fingerprint density at radius 1 is 0.633 bits per heavy atom. The van der Waals surface area contributed by atoms with Gasteiger partial charge in [-0.3, -0.25) is 4.98 Å². The quantitative estimate of drug-likeness (QED) is 0.177. The van der Waals surface area contributed by atoms with Gasteiger partial charge >= 0.3 is 0 Å². The summed E-state index contributed by atoms with van der Waals surface area (Å²) in [7, 11) is 0. The molecule has 0 fully saturated rings. The Hall–Kier alpha value is -4.27. The van der Waals surface area contributed by atoms with Crippen LogP contribution in [0.2, 0.25) is 0 Å². The van der Waals surface area contributed by atoms with Crippen molar-refractivity contribution < 1.29 is 26.2 Å². The monoisotopic (exact) mass is 821 g/mol. The first-order valence-electron chi connectivity index (χ1n) is 17.0. The normalized spacial score (nSPS) is 17.9. The third-order valence-corrected chi connectivity index (χ3v) is 12.4. The fraction of sp³-hybridized carbons (Fsp3) is 0.273. The van der Waals surface area contributed by atoms with Gasteiger partial charge in [0.25, 0.3) is 0 Å². The van der Waals surface area contributed by atoms with E-state index in [0.29, 0.717) is 5.52 Å². The van der Waals surface area contributed by atoms with E-state index >= 15 is 0 Å². The molecule has 2 aliphatic carbocycles. The SMILES string of the molecule is CC1(C)c2ccc(-c3cc4c5c6c(cc(O)c5n3)C(C)(C)C(C)(C)c3cccc(c3-6)C4(C)C)[c-]c2N(c2ccccn2)c2ccccc21.[Pt]. The van der Waals surface area contributed by atoms with Crippen LogP contribution in [0.4, 0.5) is 17.2 Å². The molecule has 3 aliphatic rings. The van der Waals surface area contributed by atoms with Crippen molar-refractivity contribution in [2.45, 2.75) is 77.0 Å².